The molecule has 2 aliphatic rings. The molecule has 0 spiro atoms. The molecule has 24 heavy (non-hydrogen) atoms. The average molecular weight is 364 g/mol. The molecule has 0 aliphatic carbocycles. The second-order valence-corrected chi connectivity index (χ2v) is 6.79. The molecule has 0 bridgehead atoms. The Kier molecular flexibility index (Phi) is 4.02. The molecule has 1 amide bonds. The van der Waals surface area contributed by atoms with E-state index in [2.05, 4.69) is 0 Å². The van der Waals surface area contributed by atoms with Crippen molar-refractivity contribution in [3.63, 3.8) is 0 Å². The summed E-state index contributed by atoms with van der Waals surface area (Å²) in [5.74, 6) is 1.84. The van der Waals surface area contributed by atoms with E-state index in [-0.39, 0.29) is 12.7 Å². The molecule has 0 N–H and O–H groups in total. The van der Waals surface area contributed by atoms with Crippen LogP contribution in [0.4, 0.5) is 0 Å². The molecule has 1 atom stereocenters. The molecule has 4 nitrogen and oxygen atoms in total. The first-order chi connectivity index (χ1) is 11.6. The molecule has 0 saturated carbocycles. The van der Waals surface area contributed by atoms with Gasteiger partial charge in [0, 0.05) is 24.6 Å². The first-order valence-electron chi connectivity index (χ1n) is 7.75. The molecule has 1 saturated heterocycles. The molecule has 1 fully saturated rings. The maximum atomic E-state index is 12.7. The summed E-state index contributed by atoms with van der Waals surface area (Å²) in [4.78, 5) is 14.5. The van der Waals surface area contributed by atoms with Gasteiger partial charge in [0.15, 0.2) is 11.5 Å². The van der Waals surface area contributed by atoms with Crippen molar-refractivity contribution >= 4 is 29.1 Å². The zero-order chi connectivity index (χ0) is 16.7. The molecule has 2 aliphatic heterocycles. The fraction of sp³-hybridized carbons (Fsp3) is 0.278. The van der Waals surface area contributed by atoms with E-state index < -0.39 is 0 Å². The lowest BCUT2D eigenvalue weighted by Crippen LogP contribution is -2.28. The Morgan fingerprint density at radius 1 is 1.04 bits per heavy atom. The van der Waals surface area contributed by atoms with Crippen molar-refractivity contribution in [2.45, 2.75) is 12.3 Å². The number of likely N-dealkylation sites (tertiary alicyclic amines) is 1. The third-order valence-corrected chi connectivity index (χ3v) is 5.25. The van der Waals surface area contributed by atoms with Crippen LogP contribution in [0.1, 0.15) is 28.3 Å². The number of carbonyl (C=O) groups is 1. The highest BCUT2D eigenvalue weighted by atomic mass is 35.5. The normalized spacial score (nSPS) is 18.9. The molecule has 2 aromatic carbocycles. The second-order valence-electron chi connectivity index (χ2n) is 5.98. The summed E-state index contributed by atoms with van der Waals surface area (Å²) in [5.41, 5.74) is 1.74. The van der Waals surface area contributed by atoms with Gasteiger partial charge in [0.2, 0.25) is 6.79 Å². The van der Waals surface area contributed by atoms with Crippen molar-refractivity contribution in [2.75, 3.05) is 19.9 Å². The largest absolute Gasteiger partial charge is 0.454 e. The van der Waals surface area contributed by atoms with Crippen LogP contribution in [0.2, 0.25) is 10.0 Å². The standard InChI is InChI=1S/C18H15Cl2NO3/c19-14-3-1-12(7-15(14)20)18(22)21-6-5-13(9-21)11-2-4-16-17(8-11)24-10-23-16/h1-4,7-8,13H,5-6,9-10H2. The third-order valence-electron chi connectivity index (χ3n) is 4.51. The van der Waals surface area contributed by atoms with Gasteiger partial charge in [0.25, 0.3) is 5.91 Å². The minimum Gasteiger partial charge on any atom is -0.454 e. The molecular weight excluding hydrogens is 349 g/mol. The highest BCUT2D eigenvalue weighted by molar-refractivity contribution is 6.42. The van der Waals surface area contributed by atoms with Gasteiger partial charge in [-0.3, -0.25) is 4.79 Å². The Labute approximate surface area is 149 Å². The van der Waals surface area contributed by atoms with Gasteiger partial charge in [-0.15, -0.1) is 0 Å². The molecular formula is C18H15Cl2NO3. The zero-order valence-corrected chi connectivity index (χ0v) is 14.3. The Morgan fingerprint density at radius 3 is 2.71 bits per heavy atom. The van der Waals surface area contributed by atoms with E-state index in [9.17, 15) is 4.79 Å². The highest BCUT2D eigenvalue weighted by Gasteiger charge is 2.29. The van der Waals surface area contributed by atoms with E-state index in [1.54, 1.807) is 18.2 Å². The Balaban J connectivity index is 1.49. The Bertz CT molecular complexity index is 809. The topological polar surface area (TPSA) is 38.8 Å². The summed E-state index contributed by atoms with van der Waals surface area (Å²) in [6.07, 6.45) is 0.923. The summed E-state index contributed by atoms with van der Waals surface area (Å²) < 4.78 is 10.8. The number of hydrogen-bond donors (Lipinski definition) is 0. The lowest BCUT2D eigenvalue weighted by molar-refractivity contribution is 0.0791. The molecule has 4 rings (SSSR count). The predicted molar refractivity (Wildman–Crippen MR) is 92.3 cm³/mol. The lowest BCUT2D eigenvalue weighted by Gasteiger charge is -2.17. The molecule has 6 heteroatoms. The van der Waals surface area contributed by atoms with Gasteiger partial charge in [0.05, 0.1) is 10.0 Å². The van der Waals surface area contributed by atoms with Gasteiger partial charge in [-0.2, -0.15) is 0 Å². The van der Waals surface area contributed by atoms with Crippen molar-refractivity contribution in [3.05, 3.63) is 57.6 Å². The van der Waals surface area contributed by atoms with Gasteiger partial charge in [-0.25, -0.2) is 0 Å². The van der Waals surface area contributed by atoms with Crippen LogP contribution < -0.4 is 9.47 Å². The molecule has 124 valence electrons. The first-order valence-corrected chi connectivity index (χ1v) is 8.51. The SMILES string of the molecule is O=C(c1ccc(Cl)c(Cl)c1)N1CCC(c2ccc3c(c2)OCO3)C1. The van der Waals surface area contributed by atoms with Crippen LogP contribution in [-0.4, -0.2) is 30.7 Å². The van der Waals surface area contributed by atoms with Crippen LogP contribution >= 0.6 is 23.2 Å². The van der Waals surface area contributed by atoms with E-state index in [1.807, 2.05) is 23.1 Å². The van der Waals surface area contributed by atoms with E-state index in [0.29, 0.717) is 28.1 Å². The number of halogens is 2. The fourth-order valence-electron chi connectivity index (χ4n) is 3.20. The molecule has 0 aromatic heterocycles. The number of fused-ring (bicyclic) bond motifs is 1. The monoisotopic (exact) mass is 363 g/mol. The summed E-state index contributed by atoms with van der Waals surface area (Å²) in [6.45, 7) is 1.67. The fourth-order valence-corrected chi connectivity index (χ4v) is 3.49. The average Bonchev–Trinajstić information content (AvgIpc) is 3.24. The van der Waals surface area contributed by atoms with Gasteiger partial charge >= 0.3 is 0 Å². The van der Waals surface area contributed by atoms with Crippen molar-refractivity contribution in [1.82, 2.24) is 4.90 Å². The Hall–Kier alpha value is -1.91. The van der Waals surface area contributed by atoms with E-state index >= 15 is 0 Å². The third kappa shape index (κ3) is 2.80. The van der Waals surface area contributed by atoms with Gasteiger partial charge < -0.3 is 14.4 Å². The van der Waals surface area contributed by atoms with Crippen LogP contribution in [0, 0.1) is 0 Å². The smallest absolute Gasteiger partial charge is 0.253 e. The summed E-state index contributed by atoms with van der Waals surface area (Å²) in [6, 6.07) is 11.0. The number of benzene rings is 2. The maximum absolute atomic E-state index is 12.7. The number of ether oxygens (including phenoxy) is 2. The van der Waals surface area contributed by atoms with E-state index in [1.165, 1.54) is 5.56 Å². The zero-order valence-electron chi connectivity index (χ0n) is 12.8. The number of rotatable bonds is 2. The molecule has 2 heterocycles. The predicted octanol–water partition coefficient (Wildman–Crippen LogP) is 4.35. The number of nitrogens with zero attached hydrogens (tertiary/aromatic N) is 1. The van der Waals surface area contributed by atoms with Crippen LogP contribution in [0.25, 0.3) is 0 Å². The molecule has 0 radical (unpaired) electrons. The van der Waals surface area contributed by atoms with Gasteiger partial charge in [-0.1, -0.05) is 29.3 Å². The maximum Gasteiger partial charge on any atom is 0.253 e. The van der Waals surface area contributed by atoms with Gasteiger partial charge in [0.1, 0.15) is 0 Å². The number of carbonyl (C=O) groups excluding carboxylic acids is 1. The van der Waals surface area contributed by atoms with Gasteiger partial charge in [-0.05, 0) is 42.3 Å². The first kappa shape index (κ1) is 15.6. The number of amides is 1. The number of hydrogen-bond acceptors (Lipinski definition) is 3. The van der Waals surface area contributed by atoms with E-state index in [0.717, 1.165) is 24.5 Å². The highest BCUT2D eigenvalue weighted by Crippen LogP contribution is 2.37. The quantitative estimate of drug-likeness (QED) is 0.795. The molecule has 1 unspecified atom stereocenters. The lowest BCUT2D eigenvalue weighted by atomic mass is 9.98. The van der Waals surface area contributed by atoms with E-state index in [4.69, 9.17) is 32.7 Å². The van der Waals surface area contributed by atoms with Crippen molar-refractivity contribution in [3.8, 4) is 11.5 Å². The van der Waals surface area contributed by atoms with Crippen molar-refractivity contribution in [1.29, 1.82) is 0 Å². The minimum absolute atomic E-state index is 0.0168. The van der Waals surface area contributed by atoms with Crippen LogP contribution in [-0.2, 0) is 0 Å². The second kappa shape index (κ2) is 6.19. The Morgan fingerprint density at radius 2 is 1.88 bits per heavy atom. The van der Waals surface area contributed by atoms with Crippen LogP contribution in [0.5, 0.6) is 11.5 Å². The van der Waals surface area contributed by atoms with Crippen LogP contribution in [0.3, 0.4) is 0 Å². The summed E-state index contributed by atoms with van der Waals surface area (Å²) in [7, 11) is 0. The van der Waals surface area contributed by atoms with Crippen LogP contribution in [0.15, 0.2) is 36.4 Å². The summed E-state index contributed by atoms with van der Waals surface area (Å²) >= 11 is 11.9. The van der Waals surface area contributed by atoms with Crippen molar-refractivity contribution < 1.29 is 14.3 Å². The summed E-state index contributed by atoms with van der Waals surface area (Å²) in [5, 5.41) is 0.849. The van der Waals surface area contributed by atoms with Crippen molar-refractivity contribution in [2.24, 2.45) is 0 Å². The minimum atomic E-state index is -0.0168. The molecule has 2 aromatic rings.